The third-order valence-electron chi connectivity index (χ3n) is 12.0. The van der Waals surface area contributed by atoms with Gasteiger partial charge in [-0.1, -0.05) is 78.9 Å². The second kappa shape index (κ2) is 22.3. The molecule has 2 heterocycles. The fourth-order valence-corrected chi connectivity index (χ4v) is 8.33. The van der Waals surface area contributed by atoms with Crippen molar-refractivity contribution in [3.63, 3.8) is 0 Å². The number of carbonyl (C=O) groups is 3. The van der Waals surface area contributed by atoms with Gasteiger partial charge < -0.3 is 45.1 Å². The van der Waals surface area contributed by atoms with Crippen molar-refractivity contribution in [2.75, 3.05) is 50.6 Å². The van der Waals surface area contributed by atoms with E-state index in [-0.39, 0.29) is 53.8 Å². The Balaban J connectivity index is 0.812. The maximum Gasteiger partial charge on any atom is 0.411 e. The average Bonchev–Trinajstić information content (AvgIpc) is 3.33. The number of likely N-dealkylation sites (tertiary alicyclic amines) is 1. The van der Waals surface area contributed by atoms with Crippen molar-refractivity contribution in [3.8, 4) is 22.6 Å². The SMILES string of the molecule is COc1ccc(CC(=O)NCc2ccc(N(C)C(=O)CCN3CCC(OC(=O)Nc4ccccc4-c4ccccc4)CC3)cc2)cc1C[C@H](C)NC[C@H](O)c1ccc(O)c2[nH]c(=O)ccc12. The predicted molar refractivity (Wildman–Crippen MR) is 257 cm³/mol. The van der Waals surface area contributed by atoms with Gasteiger partial charge in [0.05, 0.1) is 30.8 Å². The van der Waals surface area contributed by atoms with Crippen molar-refractivity contribution in [1.29, 1.82) is 0 Å². The minimum absolute atomic E-state index is 0.00473. The summed E-state index contributed by atoms with van der Waals surface area (Å²) in [6, 6.07) is 36.8. The Bertz CT molecular complexity index is 2660. The van der Waals surface area contributed by atoms with E-state index in [9.17, 15) is 29.4 Å². The highest BCUT2D eigenvalue weighted by molar-refractivity contribution is 5.93. The number of aromatic hydroxyl groups is 1. The Kier molecular flexibility index (Phi) is 15.8. The summed E-state index contributed by atoms with van der Waals surface area (Å²) in [7, 11) is 3.37. The number of hydrogen-bond acceptors (Lipinski definition) is 10. The molecule has 0 spiro atoms. The van der Waals surface area contributed by atoms with E-state index in [0.717, 1.165) is 46.6 Å². The highest BCUT2D eigenvalue weighted by Gasteiger charge is 2.24. The van der Waals surface area contributed by atoms with Gasteiger partial charge in [-0.25, -0.2) is 4.79 Å². The number of aliphatic hydroxyl groups is 1. The topological polar surface area (TPSA) is 186 Å². The molecule has 0 unspecified atom stereocenters. The Labute approximate surface area is 384 Å². The lowest BCUT2D eigenvalue weighted by Gasteiger charge is -2.31. The fraction of sp³-hybridized carbons (Fsp3) is 0.308. The number of methoxy groups -OCH3 is 1. The lowest BCUT2D eigenvalue weighted by molar-refractivity contribution is -0.120. The molecular formula is C52H58N6O8. The van der Waals surface area contributed by atoms with Crippen molar-refractivity contribution in [2.45, 2.75) is 63.8 Å². The van der Waals surface area contributed by atoms with Gasteiger partial charge in [-0.2, -0.15) is 0 Å². The van der Waals surface area contributed by atoms with Gasteiger partial charge in [0.1, 0.15) is 17.6 Å². The molecule has 1 aliphatic heterocycles. The monoisotopic (exact) mass is 894 g/mol. The maximum absolute atomic E-state index is 13.2. The summed E-state index contributed by atoms with van der Waals surface area (Å²) in [5.41, 5.74) is 6.56. The van der Waals surface area contributed by atoms with E-state index < -0.39 is 12.2 Å². The Hall–Kier alpha value is -7.00. The van der Waals surface area contributed by atoms with Crippen molar-refractivity contribution in [2.24, 2.45) is 0 Å². The number of phenols is 1. The molecule has 0 radical (unpaired) electrons. The third-order valence-corrected chi connectivity index (χ3v) is 12.0. The molecule has 6 aromatic rings. The Morgan fingerprint density at radius 3 is 2.38 bits per heavy atom. The number of nitrogens with one attached hydrogen (secondary N) is 4. The highest BCUT2D eigenvalue weighted by Crippen LogP contribution is 2.30. The first-order chi connectivity index (χ1) is 31.9. The molecule has 14 nitrogen and oxygen atoms in total. The van der Waals surface area contributed by atoms with Crippen LogP contribution in [0.2, 0.25) is 0 Å². The molecule has 1 aliphatic rings. The van der Waals surface area contributed by atoms with E-state index in [1.54, 1.807) is 31.2 Å². The second-order valence-electron chi connectivity index (χ2n) is 16.8. The van der Waals surface area contributed by atoms with Crippen molar-refractivity contribution < 1.29 is 34.1 Å². The van der Waals surface area contributed by atoms with Crippen LogP contribution in [-0.4, -0.2) is 90.5 Å². The molecular weight excluding hydrogens is 837 g/mol. The van der Waals surface area contributed by atoms with Crippen molar-refractivity contribution in [1.82, 2.24) is 20.5 Å². The van der Waals surface area contributed by atoms with Crippen LogP contribution in [0, 0.1) is 0 Å². The number of aliphatic hydroxyl groups excluding tert-OH is 1. The van der Waals surface area contributed by atoms with Crippen LogP contribution in [0.15, 0.2) is 126 Å². The number of hydrogen-bond donors (Lipinski definition) is 6. The number of aromatic nitrogens is 1. The van der Waals surface area contributed by atoms with Gasteiger partial charge in [-0.05, 0) is 90.4 Å². The van der Waals surface area contributed by atoms with E-state index in [1.807, 2.05) is 104 Å². The third kappa shape index (κ3) is 12.4. The molecule has 1 fully saturated rings. The van der Waals surface area contributed by atoms with E-state index in [1.165, 1.54) is 12.1 Å². The largest absolute Gasteiger partial charge is 0.506 e. The standard InChI is InChI=1S/C52H58N6O8/c1-34(53-33-46(60)42-18-20-45(59)51-43(42)19-22-48(61)56-51)29-38-30-36(15-21-47(38)65-3)31-49(62)54-32-35-13-16-39(17-14-35)57(2)50(63)25-28-58-26-23-40(24-27-58)66-52(64)55-44-12-8-7-11-41(44)37-9-5-4-6-10-37/h4-22,30,34,40,46,53,59-60H,23-29,31-33H2,1-3H3,(H,54,62)(H,55,64)(H,56,61)/t34-,46-/m0/s1. The smallest absolute Gasteiger partial charge is 0.411 e. The van der Waals surface area contributed by atoms with Crippen LogP contribution in [0.25, 0.3) is 22.0 Å². The first-order valence-corrected chi connectivity index (χ1v) is 22.3. The maximum atomic E-state index is 13.2. The molecule has 5 aromatic carbocycles. The zero-order valence-electron chi connectivity index (χ0n) is 37.6. The highest BCUT2D eigenvalue weighted by atomic mass is 16.6. The molecule has 0 aliphatic carbocycles. The van der Waals surface area contributed by atoms with Gasteiger partial charge in [0.25, 0.3) is 0 Å². The number of ether oxygens (including phenoxy) is 2. The number of aromatic amines is 1. The number of fused-ring (bicyclic) bond motifs is 1. The van der Waals surface area contributed by atoms with Gasteiger partial charge in [0.15, 0.2) is 0 Å². The van der Waals surface area contributed by atoms with E-state index >= 15 is 0 Å². The van der Waals surface area contributed by atoms with Crippen molar-refractivity contribution >= 4 is 40.2 Å². The lowest BCUT2D eigenvalue weighted by Crippen LogP contribution is -2.40. The molecule has 1 saturated heterocycles. The lowest BCUT2D eigenvalue weighted by atomic mass is 10.00. The molecule has 344 valence electrons. The number of nitrogens with zero attached hydrogens (tertiary/aromatic N) is 2. The van der Waals surface area contributed by atoms with E-state index in [4.69, 9.17) is 9.47 Å². The first kappa shape index (κ1) is 47.0. The summed E-state index contributed by atoms with van der Waals surface area (Å²) in [5, 5.41) is 31.1. The molecule has 7 rings (SSSR count). The van der Waals surface area contributed by atoms with E-state index in [2.05, 4.69) is 25.8 Å². The average molecular weight is 895 g/mol. The quantitative estimate of drug-likeness (QED) is 0.0521. The fourth-order valence-electron chi connectivity index (χ4n) is 8.33. The minimum atomic E-state index is -0.898. The molecule has 0 bridgehead atoms. The number of carbonyl (C=O) groups excluding carboxylic acids is 3. The first-order valence-electron chi connectivity index (χ1n) is 22.3. The minimum Gasteiger partial charge on any atom is -0.506 e. The predicted octanol–water partition coefficient (Wildman–Crippen LogP) is 7.09. The Morgan fingerprint density at radius 2 is 1.62 bits per heavy atom. The van der Waals surface area contributed by atoms with Gasteiger partial charge >= 0.3 is 6.09 Å². The van der Waals surface area contributed by atoms with Gasteiger partial charge in [0.2, 0.25) is 17.4 Å². The number of rotatable bonds is 18. The van der Waals surface area contributed by atoms with E-state index in [0.29, 0.717) is 61.2 Å². The number of benzene rings is 5. The summed E-state index contributed by atoms with van der Waals surface area (Å²) >= 11 is 0. The van der Waals surface area contributed by atoms with Crippen molar-refractivity contribution in [3.05, 3.63) is 154 Å². The molecule has 0 saturated carbocycles. The molecule has 2 atom stereocenters. The van der Waals surface area contributed by atoms with Crippen LogP contribution < -0.4 is 31.1 Å². The molecule has 66 heavy (non-hydrogen) atoms. The Morgan fingerprint density at radius 1 is 0.894 bits per heavy atom. The summed E-state index contributed by atoms with van der Waals surface area (Å²) in [5.74, 6) is 0.488. The number of piperidine rings is 1. The number of para-hydroxylation sites is 1. The molecule has 3 amide bonds. The molecule has 6 N–H and O–H groups in total. The number of anilines is 2. The summed E-state index contributed by atoms with van der Waals surface area (Å²) in [4.78, 5) is 57.4. The van der Waals surface area contributed by atoms with Crippen LogP contribution in [0.1, 0.15) is 54.5 Å². The summed E-state index contributed by atoms with van der Waals surface area (Å²) in [6.45, 7) is 4.62. The van der Waals surface area contributed by atoms with Crippen LogP contribution >= 0.6 is 0 Å². The zero-order chi connectivity index (χ0) is 46.6. The normalized spacial score (nSPS) is 14.0. The number of H-pyrrole nitrogens is 1. The number of phenolic OH excluding ortho intramolecular Hbond substituents is 1. The number of pyridine rings is 1. The van der Waals surface area contributed by atoms with Gasteiger partial charge in [-0.15, -0.1) is 0 Å². The van der Waals surface area contributed by atoms with Crippen LogP contribution in [0.4, 0.5) is 16.2 Å². The number of amides is 3. The summed E-state index contributed by atoms with van der Waals surface area (Å²) in [6.07, 6.45) is 0.912. The molecule has 14 heteroatoms. The zero-order valence-corrected chi connectivity index (χ0v) is 37.6. The molecule has 1 aromatic heterocycles. The summed E-state index contributed by atoms with van der Waals surface area (Å²) < 4.78 is 11.4. The second-order valence-corrected chi connectivity index (χ2v) is 16.8. The van der Waals surface area contributed by atoms with Crippen LogP contribution in [0.5, 0.6) is 11.5 Å². The van der Waals surface area contributed by atoms with Crippen LogP contribution in [0.3, 0.4) is 0 Å². The van der Waals surface area contributed by atoms with Gasteiger partial charge in [-0.3, -0.25) is 19.7 Å². The van der Waals surface area contributed by atoms with Gasteiger partial charge in [0, 0.05) is 74.9 Å². The van der Waals surface area contributed by atoms with Crippen LogP contribution in [-0.2, 0) is 33.7 Å².